The van der Waals surface area contributed by atoms with Crippen molar-refractivity contribution in [3.05, 3.63) is 72.1 Å². The summed E-state index contributed by atoms with van der Waals surface area (Å²) in [4.78, 5) is 27.9. The van der Waals surface area contributed by atoms with E-state index in [-0.39, 0.29) is 18.3 Å². The number of nitrogens with one attached hydrogen (secondary N) is 1. The lowest BCUT2D eigenvalue weighted by atomic mass is 10.1. The van der Waals surface area contributed by atoms with Crippen molar-refractivity contribution in [1.82, 2.24) is 4.98 Å². The number of carbonyl (C=O) groups excluding carboxylic acids is 2. The van der Waals surface area contributed by atoms with E-state index in [1.54, 1.807) is 48.8 Å². The summed E-state index contributed by atoms with van der Waals surface area (Å²) in [6.45, 7) is 2.27. The third-order valence-electron chi connectivity index (χ3n) is 4.41. The third-order valence-corrected chi connectivity index (χ3v) is 4.41. The molecule has 0 saturated carbocycles. The third kappa shape index (κ3) is 6.60. The molecule has 9 heteroatoms. The van der Waals surface area contributed by atoms with Crippen LogP contribution in [0.1, 0.15) is 22.8 Å². The number of methoxy groups -OCH3 is 1. The van der Waals surface area contributed by atoms with Crippen LogP contribution in [0.3, 0.4) is 0 Å². The first-order valence-corrected chi connectivity index (χ1v) is 10.2. The summed E-state index contributed by atoms with van der Waals surface area (Å²) >= 11 is 0. The van der Waals surface area contributed by atoms with E-state index in [9.17, 15) is 9.59 Å². The smallest absolute Gasteiger partial charge is 0.255 e. The molecule has 0 bridgehead atoms. The van der Waals surface area contributed by atoms with Crippen LogP contribution < -0.4 is 30.0 Å². The van der Waals surface area contributed by atoms with Gasteiger partial charge in [-0.1, -0.05) is 6.07 Å². The summed E-state index contributed by atoms with van der Waals surface area (Å²) in [7, 11) is 1.47. The minimum atomic E-state index is -0.624. The van der Waals surface area contributed by atoms with Crippen LogP contribution in [0.4, 0.5) is 5.69 Å². The summed E-state index contributed by atoms with van der Waals surface area (Å²) in [6, 6.07) is 13.5. The Morgan fingerprint density at radius 3 is 2.45 bits per heavy atom. The summed E-state index contributed by atoms with van der Waals surface area (Å²) in [6.07, 6.45) is 3.41. The van der Waals surface area contributed by atoms with Crippen molar-refractivity contribution in [3.63, 3.8) is 0 Å². The summed E-state index contributed by atoms with van der Waals surface area (Å²) in [5.74, 6) is 0.672. The van der Waals surface area contributed by atoms with Gasteiger partial charge in [-0.15, -0.1) is 0 Å². The van der Waals surface area contributed by atoms with Gasteiger partial charge in [0.05, 0.1) is 13.7 Å². The van der Waals surface area contributed by atoms with Crippen LogP contribution in [0.2, 0.25) is 0 Å². The average molecular weight is 451 g/mol. The van der Waals surface area contributed by atoms with Gasteiger partial charge in [0.1, 0.15) is 6.61 Å². The van der Waals surface area contributed by atoms with Crippen LogP contribution in [0, 0.1) is 0 Å². The van der Waals surface area contributed by atoms with E-state index < -0.39 is 5.91 Å². The predicted octanol–water partition coefficient (Wildman–Crippen LogP) is 3.18. The van der Waals surface area contributed by atoms with Crippen molar-refractivity contribution < 1.29 is 28.5 Å². The maximum Gasteiger partial charge on any atom is 0.255 e. The number of ether oxygens (including phenoxy) is 4. The van der Waals surface area contributed by atoms with E-state index in [2.05, 4.69) is 10.3 Å². The Balaban J connectivity index is 1.74. The second-order valence-electron chi connectivity index (χ2n) is 6.82. The molecule has 0 atom stereocenters. The number of amides is 2. The van der Waals surface area contributed by atoms with Crippen LogP contribution in [-0.2, 0) is 11.4 Å². The van der Waals surface area contributed by atoms with Crippen molar-refractivity contribution >= 4 is 17.5 Å². The van der Waals surface area contributed by atoms with Crippen LogP contribution in [-0.4, -0.2) is 37.1 Å². The Morgan fingerprint density at radius 1 is 0.970 bits per heavy atom. The number of anilines is 1. The van der Waals surface area contributed by atoms with E-state index in [1.165, 1.54) is 7.11 Å². The Labute approximate surface area is 191 Å². The van der Waals surface area contributed by atoms with E-state index in [4.69, 9.17) is 24.7 Å². The lowest BCUT2D eigenvalue weighted by molar-refractivity contribution is -0.119. The molecule has 3 N–H and O–H groups in total. The Hall–Kier alpha value is -4.27. The standard InChI is InChI=1S/C24H25N3O6/c1-3-31-21-11-17(6-8-20(21)32-14-16-5-4-10-26-13-16)24(29)27-18-7-9-19(30-2)22(12-18)33-15-23(25)28/h4-13H,3,14-15H2,1-2H3,(H2,25,28)(H,27,29). The van der Waals surface area contributed by atoms with Gasteiger partial charge in [0.15, 0.2) is 29.6 Å². The molecule has 0 spiro atoms. The maximum absolute atomic E-state index is 12.8. The minimum absolute atomic E-state index is 0.281. The summed E-state index contributed by atoms with van der Waals surface area (Å²) in [5, 5.41) is 2.79. The zero-order valence-corrected chi connectivity index (χ0v) is 18.4. The van der Waals surface area contributed by atoms with E-state index in [1.807, 2.05) is 19.1 Å². The van der Waals surface area contributed by atoms with Gasteiger partial charge < -0.3 is 30.0 Å². The number of hydrogen-bond donors (Lipinski definition) is 2. The second-order valence-corrected chi connectivity index (χ2v) is 6.82. The first-order chi connectivity index (χ1) is 16.0. The van der Waals surface area contributed by atoms with Gasteiger partial charge in [-0.25, -0.2) is 0 Å². The lowest BCUT2D eigenvalue weighted by Gasteiger charge is -2.14. The van der Waals surface area contributed by atoms with Gasteiger partial charge in [0.2, 0.25) is 0 Å². The van der Waals surface area contributed by atoms with E-state index >= 15 is 0 Å². The molecule has 2 amide bonds. The SMILES string of the molecule is CCOc1cc(C(=O)Nc2ccc(OC)c(OCC(N)=O)c2)ccc1OCc1cccnc1. The fourth-order valence-electron chi connectivity index (χ4n) is 2.90. The fraction of sp³-hybridized carbons (Fsp3) is 0.208. The van der Waals surface area contributed by atoms with Gasteiger partial charge >= 0.3 is 0 Å². The quantitative estimate of drug-likeness (QED) is 0.459. The van der Waals surface area contributed by atoms with Gasteiger partial charge in [-0.2, -0.15) is 0 Å². The van der Waals surface area contributed by atoms with Crippen LogP contribution in [0.25, 0.3) is 0 Å². The summed E-state index contributed by atoms with van der Waals surface area (Å²) in [5.41, 5.74) is 6.88. The highest BCUT2D eigenvalue weighted by Gasteiger charge is 2.14. The molecule has 2 aromatic carbocycles. The number of nitrogens with zero attached hydrogens (tertiary/aromatic N) is 1. The Morgan fingerprint density at radius 2 is 1.76 bits per heavy atom. The number of carbonyl (C=O) groups is 2. The van der Waals surface area contributed by atoms with Gasteiger partial charge in [0.25, 0.3) is 11.8 Å². The van der Waals surface area contributed by atoms with Crippen molar-refractivity contribution in [2.45, 2.75) is 13.5 Å². The molecular weight excluding hydrogens is 426 g/mol. The average Bonchev–Trinajstić information content (AvgIpc) is 2.82. The molecule has 1 heterocycles. The molecule has 3 rings (SSSR count). The van der Waals surface area contributed by atoms with Gasteiger partial charge in [-0.05, 0) is 43.3 Å². The molecule has 0 unspecified atom stereocenters. The van der Waals surface area contributed by atoms with Crippen molar-refractivity contribution in [2.24, 2.45) is 5.73 Å². The summed E-state index contributed by atoms with van der Waals surface area (Å²) < 4.78 is 22.1. The normalized spacial score (nSPS) is 10.2. The predicted molar refractivity (Wildman–Crippen MR) is 122 cm³/mol. The van der Waals surface area contributed by atoms with Gasteiger partial charge in [0, 0.05) is 35.3 Å². The molecule has 3 aromatic rings. The molecule has 9 nitrogen and oxygen atoms in total. The second kappa shape index (κ2) is 11.4. The van der Waals surface area contributed by atoms with Crippen molar-refractivity contribution in [2.75, 3.05) is 25.6 Å². The van der Waals surface area contributed by atoms with Crippen LogP contribution in [0.5, 0.6) is 23.0 Å². The molecule has 0 aliphatic carbocycles. The number of rotatable bonds is 11. The molecule has 172 valence electrons. The highest BCUT2D eigenvalue weighted by atomic mass is 16.5. The topological polar surface area (TPSA) is 122 Å². The zero-order chi connectivity index (χ0) is 23.6. The highest BCUT2D eigenvalue weighted by molar-refractivity contribution is 6.04. The molecule has 0 aliphatic heterocycles. The largest absolute Gasteiger partial charge is 0.493 e. The molecular formula is C24H25N3O6. The van der Waals surface area contributed by atoms with E-state index in [0.717, 1.165) is 5.56 Å². The van der Waals surface area contributed by atoms with Crippen molar-refractivity contribution in [1.29, 1.82) is 0 Å². The first kappa shape index (κ1) is 23.4. The molecule has 0 aliphatic rings. The molecule has 0 radical (unpaired) electrons. The van der Waals surface area contributed by atoms with Gasteiger partial charge in [-0.3, -0.25) is 14.6 Å². The van der Waals surface area contributed by atoms with E-state index in [0.29, 0.717) is 41.7 Å². The Bertz CT molecular complexity index is 1100. The number of hydrogen-bond acceptors (Lipinski definition) is 7. The molecule has 0 fully saturated rings. The number of aromatic nitrogens is 1. The maximum atomic E-state index is 12.8. The van der Waals surface area contributed by atoms with Crippen LogP contribution >= 0.6 is 0 Å². The number of benzene rings is 2. The Kier molecular flexibility index (Phi) is 8.07. The number of nitrogens with two attached hydrogens (primary N) is 1. The minimum Gasteiger partial charge on any atom is -0.493 e. The number of primary amides is 1. The molecule has 0 saturated heterocycles. The zero-order valence-electron chi connectivity index (χ0n) is 18.4. The first-order valence-electron chi connectivity index (χ1n) is 10.2. The molecule has 33 heavy (non-hydrogen) atoms. The highest BCUT2D eigenvalue weighted by Crippen LogP contribution is 2.32. The van der Waals surface area contributed by atoms with Crippen LogP contribution in [0.15, 0.2) is 60.9 Å². The monoisotopic (exact) mass is 451 g/mol. The van der Waals surface area contributed by atoms with Crippen molar-refractivity contribution in [3.8, 4) is 23.0 Å². The fourth-order valence-corrected chi connectivity index (χ4v) is 2.90. The molecule has 1 aromatic heterocycles. The number of pyridine rings is 1. The lowest BCUT2D eigenvalue weighted by Crippen LogP contribution is -2.20.